The van der Waals surface area contributed by atoms with Crippen LogP contribution in [0.4, 0.5) is 5.13 Å². The molecule has 0 aliphatic rings. The maximum absolute atomic E-state index is 13.4. The predicted octanol–water partition coefficient (Wildman–Crippen LogP) is 4.59. The number of nitrogens with zero attached hydrogens (tertiary/aromatic N) is 2. The molecule has 0 N–H and O–H groups in total. The van der Waals surface area contributed by atoms with Crippen LogP contribution in [0.1, 0.15) is 15.9 Å². The van der Waals surface area contributed by atoms with E-state index >= 15 is 0 Å². The zero-order chi connectivity index (χ0) is 21.1. The lowest BCUT2D eigenvalue weighted by Crippen LogP contribution is -2.33. The van der Waals surface area contributed by atoms with Crippen LogP contribution < -0.4 is 4.90 Å². The smallest absolute Gasteiger partial charge is 0.260 e. The lowest BCUT2D eigenvalue weighted by molar-refractivity contribution is 0.0987. The van der Waals surface area contributed by atoms with E-state index in [1.807, 2.05) is 54.6 Å². The number of thiazole rings is 1. The summed E-state index contributed by atoms with van der Waals surface area (Å²) >= 11 is 1.45. The van der Waals surface area contributed by atoms with E-state index in [0.29, 0.717) is 23.7 Å². The van der Waals surface area contributed by atoms with Gasteiger partial charge in [-0.25, -0.2) is 13.4 Å². The molecule has 1 amide bonds. The normalized spacial score (nSPS) is 11.5. The fourth-order valence-corrected chi connectivity index (χ4v) is 4.82. The van der Waals surface area contributed by atoms with Crippen molar-refractivity contribution in [2.75, 3.05) is 17.7 Å². The van der Waals surface area contributed by atoms with Gasteiger partial charge in [0.1, 0.15) is 0 Å². The molecule has 0 radical (unpaired) electrons. The number of carbonyl (C=O) groups excluding carboxylic acids is 1. The number of para-hydroxylation sites is 1. The maximum atomic E-state index is 13.4. The van der Waals surface area contributed by atoms with Crippen molar-refractivity contribution in [2.45, 2.75) is 11.3 Å². The Bertz CT molecular complexity index is 1270. The Morgan fingerprint density at radius 1 is 0.967 bits per heavy atom. The molecule has 1 aromatic heterocycles. The zero-order valence-electron chi connectivity index (χ0n) is 16.4. The van der Waals surface area contributed by atoms with Crippen LogP contribution >= 0.6 is 11.3 Å². The Hall–Kier alpha value is -3.03. The number of carbonyl (C=O) groups is 1. The fraction of sp³-hybridized carbons (Fsp3) is 0.130. The Morgan fingerprint density at radius 2 is 1.70 bits per heavy atom. The lowest BCUT2D eigenvalue weighted by Gasteiger charge is -2.20. The Balaban J connectivity index is 1.71. The number of fused-ring (bicyclic) bond motifs is 1. The molecule has 1 heterocycles. The molecule has 0 atom stereocenters. The average molecular weight is 437 g/mol. The highest BCUT2D eigenvalue weighted by Gasteiger charge is 2.22. The summed E-state index contributed by atoms with van der Waals surface area (Å²) in [5.74, 6) is -0.268. The van der Waals surface area contributed by atoms with Gasteiger partial charge in [0.25, 0.3) is 5.91 Å². The monoisotopic (exact) mass is 436 g/mol. The molecular weight excluding hydrogens is 416 g/mol. The van der Waals surface area contributed by atoms with Crippen molar-refractivity contribution in [3.05, 3.63) is 90.0 Å². The summed E-state index contributed by atoms with van der Waals surface area (Å²) in [6.07, 6.45) is 1.80. The molecule has 30 heavy (non-hydrogen) atoms. The SMILES string of the molecule is CS(=O)(=O)c1cccc(C(=O)N(CCc2ccccc2)c2nc3ccccc3s2)c1. The van der Waals surface area contributed by atoms with Crippen molar-refractivity contribution >= 4 is 42.4 Å². The molecule has 0 saturated heterocycles. The molecule has 4 aromatic rings. The van der Waals surface area contributed by atoms with Crippen molar-refractivity contribution in [2.24, 2.45) is 0 Å². The van der Waals surface area contributed by atoms with Crippen LogP contribution in [0.5, 0.6) is 0 Å². The van der Waals surface area contributed by atoms with Gasteiger partial charge in [0.15, 0.2) is 15.0 Å². The van der Waals surface area contributed by atoms with Crippen LogP contribution in [0.15, 0.2) is 83.8 Å². The quantitative estimate of drug-likeness (QED) is 0.443. The summed E-state index contributed by atoms with van der Waals surface area (Å²) < 4.78 is 24.9. The Labute approximate surface area is 179 Å². The van der Waals surface area contributed by atoms with Gasteiger partial charge in [-0.3, -0.25) is 9.69 Å². The first-order valence-corrected chi connectivity index (χ1v) is 12.1. The van der Waals surface area contributed by atoms with Gasteiger partial charge in [-0.1, -0.05) is 59.9 Å². The average Bonchev–Trinajstić information content (AvgIpc) is 3.18. The molecule has 0 spiro atoms. The third-order valence-corrected chi connectivity index (χ3v) is 6.90. The first-order chi connectivity index (χ1) is 14.4. The predicted molar refractivity (Wildman–Crippen MR) is 121 cm³/mol. The number of aromatic nitrogens is 1. The van der Waals surface area contributed by atoms with Crippen LogP contribution in [0.25, 0.3) is 10.2 Å². The molecule has 0 bridgehead atoms. The fourth-order valence-electron chi connectivity index (χ4n) is 3.16. The number of anilines is 1. The van der Waals surface area contributed by atoms with Crippen molar-refractivity contribution in [3.8, 4) is 0 Å². The van der Waals surface area contributed by atoms with Gasteiger partial charge in [-0.05, 0) is 42.3 Å². The highest BCUT2D eigenvalue weighted by Crippen LogP contribution is 2.30. The molecule has 152 valence electrons. The highest BCUT2D eigenvalue weighted by molar-refractivity contribution is 7.90. The first kappa shape index (κ1) is 20.3. The minimum atomic E-state index is -3.41. The van der Waals surface area contributed by atoms with Gasteiger partial charge < -0.3 is 0 Å². The second kappa shape index (κ2) is 8.38. The van der Waals surface area contributed by atoms with E-state index in [1.54, 1.807) is 17.0 Å². The molecule has 4 rings (SSSR count). The van der Waals surface area contributed by atoms with Gasteiger partial charge in [0, 0.05) is 18.4 Å². The molecule has 0 aliphatic carbocycles. The zero-order valence-corrected chi connectivity index (χ0v) is 18.0. The van der Waals surface area contributed by atoms with Gasteiger partial charge in [0.2, 0.25) is 0 Å². The van der Waals surface area contributed by atoms with Crippen LogP contribution in [0, 0.1) is 0 Å². The minimum Gasteiger partial charge on any atom is -0.284 e. The second-order valence-electron chi connectivity index (χ2n) is 6.96. The Morgan fingerprint density at radius 3 is 2.43 bits per heavy atom. The van der Waals surface area contributed by atoms with E-state index in [-0.39, 0.29) is 10.8 Å². The number of hydrogen-bond donors (Lipinski definition) is 0. The van der Waals surface area contributed by atoms with E-state index in [2.05, 4.69) is 4.98 Å². The standard InChI is InChI=1S/C23H20N2O3S2/c1-30(27,28)19-11-7-10-18(16-19)22(26)25(15-14-17-8-3-2-4-9-17)23-24-20-12-5-6-13-21(20)29-23/h2-13,16H,14-15H2,1H3. The van der Waals surface area contributed by atoms with E-state index in [1.165, 1.54) is 23.5 Å². The van der Waals surface area contributed by atoms with Crippen LogP contribution in [-0.4, -0.2) is 32.1 Å². The van der Waals surface area contributed by atoms with E-state index in [0.717, 1.165) is 22.0 Å². The van der Waals surface area contributed by atoms with Crippen molar-refractivity contribution in [1.29, 1.82) is 0 Å². The summed E-state index contributed by atoms with van der Waals surface area (Å²) in [5.41, 5.74) is 2.27. The first-order valence-electron chi connectivity index (χ1n) is 9.43. The molecule has 3 aromatic carbocycles. The van der Waals surface area contributed by atoms with Crippen LogP contribution in [0.2, 0.25) is 0 Å². The molecule has 0 saturated carbocycles. The molecule has 7 heteroatoms. The highest BCUT2D eigenvalue weighted by atomic mass is 32.2. The number of rotatable bonds is 6. The van der Waals surface area contributed by atoms with Gasteiger partial charge in [0.05, 0.1) is 15.1 Å². The number of benzene rings is 3. The lowest BCUT2D eigenvalue weighted by atomic mass is 10.1. The third kappa shape index (κ3) is 4.42. The minimum absolute atomic E-state index is 0.126. The second-order valence-corrected chi connectivity index (χ2v) is 9.98. The summed E-state index contributed by atoms with van der Waals surface area (Å²) in [4.78, 5) is 19.8. The molecule has 0 fully saturated rings. The molecule has 5 nitrogen and oxygen atoms in total. The maximum Gasteiger partial charge on any atom is 0.260 e. The van der Waals surface area contributed by atoms with Gasteiger partial charge in [-0.2, -0.15) is 0 Å². The summed E-state index contributed by atoms with van der Waals surface area (Å²) in [6, 6.07) is 23.8. The van der Waals surface area contributed by atoms with Gasteiger partial charge in [-0.15, -0.1) is 0 Å². The van der Waals surface area contributed by atoms with Crippen molar-refractivity contribution in [3.63, 3.8) is 0 Å². The summed E-state index contributed by atoms with van der Waals surface area (Å²) in [6.45, 7) is 0.436. The van der Waals surface area contributed by atoms with E-state index < -0.39 is 9.84 Å². The molecular formula is C23H20N2O3S2. The van der Waals surface area contributed by atoms with E-state index in [9.17, 15) is 13.2 Å². The largest absolute Gasteiger partial charge is 0.284 e. The topological polar surface area (TPSA) is 67.3 Å². The number of amides is 1. The summed E-state index contributed by atoms with van der Waals surface area (Å²) in [7, 11) is -3.41. The third-order valence-electron chi connectivity index (χ3n) is 4.73. The molecule has 0 unspecified atom stereocenters. The van der Waals surface area contributed by atoms with Crippen molar-refractivity contribution in [1.82, 2.24) is 4.98 Å². The summed E-state index contributed by atoms with van der Waals surface area (Å²) in [5, 5.41) is 0.599. The van der Waals surface area contributed by atoms with Crippen LogP contribution in [-0.2, 0) is 16.3 Å². The van der Waals surface area contributed by atoms with Crippen LogP contribution in [0.3, 0.4) is 0 Å². The van der Waals surface area contributed by atoms with Gasteiger partial charge >= 0.3 is 0 Å². The van der Waals surface area contributed by atoms with E-state index in [4.69, 9.17) is 0 Å². The number of sulfone groups is 1. The number of hydrogen-bond acceptors (Lipinski definition) is 5. The molecule has 0 aliphatic heterocycles. The van der Waals surface area contributed by atoms with Crippen molar-refractivity contribution < 1.29 is 13.2 Å². The Kier molecular flexibility index (Phi) is 5.65.